The number of esters is 1. The third-order valence-electron chi connectivity index (χ3n) is 14.2. The minimum absolute atomic E-state index is 0.0190. The summed E-state index contributed by atoms with van der Waals surface area (Å²) >= 11 is 0. The van der Waals surface area contributed by atoms with Gasteiger partial charge in [-0.2, -0.15) is 0 Å². The van der Waals surface area contributed by atoms with Gasteiger partial charge in [-0.25, -0.2) is 4.79 Å². The van der Waals surface area contributed by atoms with Gasteiger partial charge < -0.3 is 13.9 Å². The number of carbonyl (C=O) groups is 1. The molecule has 6 fully saturated rings. The second kappa shape index (κ2) is 8.93. The van der Waals surface area contributed by atoms with Crippen molar-refractivity contribution in [1.82, 2.24) is 0 Å². The molecule has 1 aliphatic heterocycles. The number of rotatable bonds is 5. The lowest BCUT2D eigenvalue weighted by Gasteiger charge is -2.61. The molecule has 0 radical (unpaired) electrons. The van der Waals surface area contributed by atoms with Gasteiger partial charge in [-0.15, -0.1) is 0 Å². The fourth-order valence-electron chi connectivity index (χ4n) is 11.3. The molecule has 4 nitrogen and oxygen atoms in total. The van der Waals surface area contributed by atoms with E-state index in [9.17, 15) is 4.79 Å². The van der Waals surface area contributed by atoms with Gasteiger partial charge in [-0.05, 0) is 104 Å². The number of fused-ring (bicyclic) bond motifs is 6. The van der Waals surface area contributed by atoms with E-state index in [-0.39, 0.29) is 28.4 Å². The van der Waals surface area contributed by atoms with Crippen molar-refractivity contribution in [1.29, 1.82) is 0 Å². The normalized spacial score (nSPS) is 49.7. The van der Waals surface area contributed by atoms with Gasteiger partial charge in [0, 0.05) is 36.0 Å². The average molecular weight is 557 g/mol. The maximum Gasteiger partial charge on any atom is 0.334 e. The SMILES string of the molecule is CO[C@@H]1C[C@H]2[C@@H]3C[C@@H]4OC(=O)/C(=C\C(C)C)[C@@H](C)[C@@H]4[C@@]3(CO[Si](C)(C)C(C)(C)C)CC[C@@H]2[C@@]2(C)CC[C@@H]3C[C@]312. The van der Waals surface area contributed by atoms with E-state index in [0.29, 0.717) is 40.6 Å². The van der Waals surface area contributed by atoms with Gasteiger partial charge in [0.25, 0.3) is 0 Å². The van der Waals surface area contributed by atoms with Gasteiger partial charge in [0.1, 0.15) is 6.10 Å². The smallest absolute Gasteiger partial charge is 0.334 e. The molecule has 0 aromatic carbocycles. The second-order valence-electron chi connectivity index (χ2n) is 16.9. The maximum absolute atomic E-state index is 13.3. The van der Waals surface area contributed by atoms with Crippen LogP contribution in [0, 0.1) is 57.7 Å². The maximum atomic E-state index is 13.3. The van der Waals surface area contributed by atoms with Gasteiger partial charge >= 0.3 is 5.97 Å². The van der Waals surface area contributed by atoms with Crippen LogP contribution in [0.1, 0.15) is 93.4 Å². The zero-order valence-corrected chi connectivity index (χ0v) is 27.6. The molecular weight excluding hydrogens is 500 g/mol. The summed E-state index contributed by atoms with van der Waals surface area (Å²) in [5.41, 5.74) is 1.81. The molecule has 5 aliphatic carbocycles. The number of hydrogen-bond donors (Lipinski definition) is 0. The molecule has 5 heteroatoms. The van der Waals surface area contributed by atoms with Crippen molar-refractivity contribution in [3.8, 4) is 0 Å². The molecule has 1 spiro atoms. The zero-order valence-electron chi connectivity index (χ0n) is 26.6. The Morgan fingerprint density at radius 2 is 1.85 bits per heavy atom. The fraction of sp³-hybridized carbons (Fsp3) is 0.912. The molecule has 11 atom stereocenters. The molecule has 6 rings (SSSR count). The molecule has 0 unspecified atom stereocenters. The lowest BCUT2D eigenvalue weighted by Crippen LogP contribution is -2.59. The highest BCUT2D eigenvalue weighted by Gasteiger charge is 2.78. The van der Waals surface area contributed by atoms with Crippen molar-refractivity contribution in [3.63, 3.8) is 0 Å². The quantitative estimate of drug-likeness (QED) is 0.195. The van der Waals surface area contributed by atoms with E-state index >= 15 is 0 Å². The first-order valence-corrected chi connectivity index (χ1v) is 19.1. The van der Waals surface area contributed by atoms with E-state index in [1.165, 1.54) is 38.5 Å². The van der Waals surface area contributed by atoms with Crippen LogP contribution in [0.3, 0.4) is 0 Å². The van der Waals surface area contributed by atoms with Gasteiger partial charge in [-0.3, -0.25) is 0 Å². The third-order valence-corrected chi connectivity index (χ3v) is 18.7. The van der Waals surface area contributed by atoms with E-state index in [0.717, 1.165) is 30.4 Å². The van der Waals surface area contributed by atoms with Crippen LogP contribution < -0.4 is 0 Å². The molecule has 220 valence electrons. The highest BCUT2D eigenvalue weighted by Crippen LogP contribution is 2.82. The summed E-state index contributed by atoms with van der Waals surface area (Å²) in [4.78, 5) is 13.3. The minimum Gasteiger partial charge on any atom is -0.459 e. The Kier molecular flexibility index (Phi) is 6.52. The van der Waals surface area contributed by atoms with Crippen molar-refractivity contribution in [2.24, 2.45) is 57.7 Å². The summed E-state index contributed by atoms with van der Waals surface area (Å²) in [6, 6.07) is 0. The number of ether oxygens (including phenoxy) is 2. The van der Waals surface area contributed by atoms with Gasteiger partial charge in [0.05, 0.1) is 6.10 Å². The molecule has 1 heterocycles. The predicted octanol–water partition coefficient (Wildman–Crippen LogP) is 8.03. The second-order valence-corrected chi connectivity index (χ2v) is 21.7. The van der Waals surface area contributed by atoms with Gasteiger partial charge in [0.15, 0.2) is 8.32 Å². The number of methoxy groups -OCH3 is 1. The van der Waals surface area contributed by atoms with Crippen LogP contribution in [-0.4, -0.2) is 40.2 Å². The molecule has 0 bridgehead atoms. The standard InChI is InChI=1S/C34H56O4Si/c1-20(2)15-23-21(3)29-27(38-30(23)35)17-26-24-16-28(36-8)34-18-22(34)11-13-32(34,7)25(24)12-14-33(26,29)19-37-39(9,10)31(4,5)6/h15,20-22,24-29H,11-14,16-19H2,1-10H3/b23-15-/t21-,22-,24-,25+,26+,27+,28-,29+,32-,33-,34+/m1/s1. The molecule has 0 amide bonds. The number of hydrogen-bond acceptors (Lipinski definition) is 4. The van der Waals surface area contributed by atoms with Crippen LogP contribution in [0.4, 0.5) is 0 Å². The van der Waals surface area contributed by atoms with Crippen LogP contribution in [0.2, 0.25) is 18.1 Å². The van der Waals surface area contributed by atoms with Crippen LogP contribution in [0.15, 0.2) is 11.6 Å². The number of allylic oxidation sites excluding steroid dienone is 1. The number of carbonyl (C=O) groups excluding carboxylic acids is 1. The Morgan fingerprint density at radius 3 is 2.46 bits per heavy atom. The summed E-state index contributed by atoms with van der Waals surface area (Å²) in [6.45, 7) is 22.0. The summed E-state index contributed by atoms with van der Waals surface area (Å²) in [7, 11) is 0.0362. The Bertz CT molecular complexity index is 1040. The van der Waals surface area contributed by atoms with Gasteiger partial charge in [0.2, 0.25) is 0 Å². The Morgan fingerprint density at radius 1 is 1.13 bits per heavy atom. The molecular formula is C34H56O4Si. The van der Waals surface area contributed by atoms with Crippen LogP contribution in [0.25, 0.3) is 0 Å². The molecule has 39 heavy (non-hydrogen) atoms. The Hall–Kier alpha value is -0.653. The molecule has 0 aromatic rings. The van der Waals surface area contributed by atoms with Gasteiger partial charge in [-0.1, -0.05) is 54.5 Å². The topological polar surface area (TPSA) is 44.8 Å². The summed E-state index contributed by atoms with van der Waals surface area (Å²) in [5.74, 6) is 3.66. The first-order chi connectivity index (χ1) is 18.1. The summed E-state index contributed by atoms with van der Waals surface area (Å²) < 4.78 is 20.0. The van der Waals surface area contributed by atoms with Crippen molar-refractivity contribution in [2.45, 2.75) is 124 Å². The molecule has 1 saturated heterocycles. The molecule has 6 aliphatic rings. The third kappa shape index (κ3) is 3.76. The lowest BCUT2D eigenvalue weighted by atomic mass is 9.45. The van der Waals surface area contributed by atoms with Crippen molar-refractivity contribution < 1.29 is 18.7 Å². The highest BCUT2D eigenvalue weighted by atomic mass is 28.4. The van der Waals surface area contributed by atoms with Crippen molar-refractivity contribution in [3.05, 3.63) is 11.6 Å². The first-order valence-electron chi connectivity index (χ1n) is 16.2. The zero-order chi connectivity index (χ0) is 28.3. The average Bonchev–Trinajstić information content (AvgIpc) is 3.37. The summed E-state index contributed by atoms with van der Waals surface area (Å²) in [6.07, 6.45) is 11.5. The monoisotopic (exact) mass is 556 g/mol. The fourth-order valence-corrected chi connectivity index (χ4v) is 12.4. The van der Waals surface area contributed by atoms with Crippen molar-refractivity contribution >= 4 is 14.3 Å². The lowest BCUT2D eigenvalue weighted by molar-refractivity contribution is -0.173. The summed E-state index contributed by atoms with van der Waals surface area (Å²) in [5, 5.41) is 0.179. The molecule has 0 N–H and O–H groups in total. The first kappa shape index (κ1) is 28.5. The Balaban J connectivity index is 1.41. The minimum atomic E-state index is -1.94. The predicted molar refractivity (Wildman–Crippen MR) is 159 cm³/mol. The van der Waals surface area contributed by atoms with Crippen molar-refractivity contribution in [2.75, 3.05) is 13.7 Å². The van der Waals surface area contributed by atoms with Crippen LogP contribution in [0.5, 0.6) is 0 Å². The largest absolute Gasteiger partial charge is 0.459 e. The van der Waals surface area contributed by atoms with Crippen LogP contribution in [-0.2, 0) is 18.7 Å². The highest BCUT2D eigenvalue weighted by molar-refractivity contribution is 6.74. The molecule has 0 aromatic heterocycles. The molecule has 5 saturated carbocycles. The van der Waals surface area contributed by atoms with E-state index in [1.807, 2.05) is 7.11 Å². The Labute approximate surface area is 239 Å². The van der Waals surface area contributed by atoms with E-state index in [1.54, 1.807) is 0 Å². The van der Waals surface area contributed by atoms with Crippen LogP contribution >= 0.6 is 0 Å². The van der Waals surface area contributed by atoms with E-state index in [2.05, 4.69) is 67.6 Å². The van der Waals surface area contributed by atoms with E-state index in [4.69, 9.17) is 13.9 Å². The van der Waals surface area contributed by atoms with E-state index < -0.39 is 8.32 Å².